The molecule has 0 saturated carbocycles. The monoisotopic (exact) mass is 256 g/mol. The van der Waals surface area contributed by atoms with Crippen LogP contribution in [0.4, 0.5) is 5.82 Å². The highest BCUT2D eigenvalue weighted by Gasteiger charge is 2.17. The predicted octanol–water partition coefficient (Wildman–Crippen LogP) is 3.07. The van der Waals surface area contributed by atoms with Crippen molar-refractivity contribution in [2.45, 2.75) is 6.54 Å². The molecular weight excluding hydrogens is 244 g/mol. The molecule has 0 spiro atoms. The molecule has 5 heteroatoms. The van der Waals surface area contributed by atoms with Crippen LogP contribution in [0, 0.1) is 0 Å². The van der Waals surface area contributed by atoms with Gasteiger partial charge in [0.2, 0.25) is 0 Å². The molecule has 0 aliphatic rings. The Kier molecular flexibility index (Phi) is 2.72. The minimum Gasteiger partial charge on any atom is -0.478 e. The normalized spacial score (nSPS) is 10.7. The highest BCUT2D eigenvalue weighted by molar-refractivity contribution is 6.08. The molecule has 0 aliphatic heterocycles. The van der Waals surface area contributed by atoms with Crippen LogP contribution in [-0.4, -0.2) is 16.1 Å². The molecule has 0 saturated heterocycles. The number of carboxylic acid groups (broad SMARTS) is 1. The summed E-state index contributed by atoms with van der Waals surface area (Å²) >= 11 is 0. The number of anilines is 1. The zero-order valence-corrected chi connectivity index (χ0v) is 10.0. The Morgan fingerprint density at radius 2 is 2.11 bits per heavy atom. The lowest BCUT2D eigenvalue weighted by Crippen LogP contribution is -2.04. The smallest absolute Gasteiger partial charge is 0.340 e. The van der Waals surface area contributed by atoms with Crippen molar-refractivity contribution in [1.29, 1.82) is 0 Å². The first-order valence-corrected chi connectivity index (χ1v) is 5.86. The van der Waals surface area contributed by atoms with Crippen molar-refractivity contribution in [3.63, 3.8) is 0 Å². The summed E-state index contributed by atoms with van der Waals surface area (Å²) in [7, 11) is 0. The third-order valence-corrected chi connectivity index (χ3v) is 2.94. The number of benzene rings is 1. The number of carboxylic acids is 1. The summed E-state index contributed by atoms with van der Waals surface area (Å²) < 4.78 is 5.21. The lowest BCUT2D eigenvalue weighted by atomic mass is 10.1. The number of para-hydroxylation sites is 1. The van der Waals surface area contributed by atoms with Crippen LogP contribution in [-0.2, 0) is 6.54 Å². The molecule has 3 N–H and O–H groups in total. The van der Waals surface area contributed by atoms with Gasteiger partial charge in [0.15, 0.2) is 0 Å². The average molecular weight is 256 g/mol. The number of nitrogens with one attached hydrogen (secondary N) is 2. The first-order valence-electron chi connectivity index (χ1n) is 5.86. The van der Waals surface area contributed by atoms with Gasteiger partial charge >= 0.3 is 5.97 Å². The summed E-state index contributed by atoms with van der Waals surface area (Å²) in [6.07, 6.45) is 1.58. The zero-order valence-electron chi connectivity index (χ0n) is 10.0. The summed E-state index contributed by atoms with van der Waals surface area (Å²) in [5, 5.41) is 13.1. The van der Waals surface area contributed by atoms with E-state index in [1.54, 1.807) is 18.4 Å². The van der Waals surface area contributed by atoms with Crippen molar-refractivity contribution >= 4 is 22.7 Å². The molecule has 0 bridgehead atoms. The Bertz CT molecular complexity index is 713. The van der Waals surface area contributed by atoms with E-state index in [4.69, 9.17) is 4.42 Å². The van der Waals surface area contributed by atoms with Crippen LogP contribution in [0.3, 0.4) is 0 Å². The number of aromatic amines is 1. The quantitative estimate of drug-likeness (QED) is 0.670. The van der Waals surface area contributed by atoms with Gasteiger partial charge in [0, 0.05) is 10.9 Å². The van der Waals surface area contributed by atoms with Crippen LogP contribution in [0.1, 0.15) is 16.1 Å². The van der Waals surface area contributed by atoms with Crippen LogP contribution < -0.4 is 5.32 Å². The molecule has 2 aromatic heterocycles. The molecule has 96 valence electrons. The minimum absolute atomic E-state index is 0.252. The SMILES string of the molecule is O=C(O)c1c(NCc2ccco2)[nH]c2ccccc12. The van der Waals surface area contributed by atoms with Crippen LogP contribution in [0.2, 0.25) is 0 Å². The average Bonchev–Trinajstić information content (AvgIpc) is 3.03. The van der Waals surface area contributed by atoms with E-state index in [1.165, 1.54) is 0 Å². The van der Waals surface area contributed by atoms with Crippen LogP contribution in [0.25, 0.3) is 10.9 Å². The molecule has 0 atom stereocenters. The second kappa shape index (κ2) is 4.53. The molecule has 1 aromatic carbocycles. The van der Waals surface area contributed by atoms with E-state index >= 15 is 0 Å². The van der Waals surface area contributed by atoms with Crippen LogP contribution in [0.15, 0.2) is 47.1 Å². The third-order valence-electron chi connectivity index (χ3n) is 2.94. The van der Waals surface area contributed by atoms with Crippen molar-refractivity contribution in [3.05, 3.63) is 54.0 Å². The number of aromatic carboxylic acids is 1. The number of hydrogen-bond acceptors (Lipinski definition) is 3. The predicted molar refractivity (Wildman–Crippen MR) is 71.3 cm³/mol. The van der Waals surface area contributed by atoms with Gasteiger partial charge in [-0.05, 0) is 18.2 Å². The first-order chi connectivity index (χ1) is 9.25. The van der Waals surface area contributed by atoms with E-state index in [0.29, 0.717) is 17.7 Å². The van der Waals surface area contributed by atoms with E-state index < -0.39 is 5.97 Å². The van der Waals surface area contributed by atoms with Crippen molar-refractivity contribution in [1.82, 2.24) is 4.98 Å². The lowest BCUT2D eigenvalue weighted by Gasteiger charge is -2.03. The van der Waals surface area contributed by atoms with Gasteiger partial charge in [-0.25, -0.2) is 4.79 Å². The molecule has 0 aliphatic carbocycles. The zero-order chi connectivity index (χ0) is 13.2. The standard InChI is InChI=1S/C14H12N2O3/c17-14(18)12-10-5-1-2-6-11(10)16-13(12)15-8-9-4-3-7-19-9/h1-7,15-16H,8H2,(H,17,18). The molecule has 2 heterocycles. The van der Waals surface area contributed by atoms with Gasteiger partial charge in [-0.2, -0.15) is 0 Å². The molecule has 0 radical (unpaired) electrons. The Morgan fingerprint density at radius 1 is 1.26 bits per heavy atom. The molecule has 5 nitrogen and oxygen atoms in total. The first kappa shape index (κ1) is 11.4. The fraction of sp³-hybridized carbons (Fsp3) is 0.0714. The number of carbonyl (C=O) groups is 1. The molecule has 3 aromatic rings. The molecular formula is C14H12N2O3. The number of rotatable bonds is 4. The number of fused-ring (bicyclic) bond motifs is 1. The fourth-order valence-corrected chi connectivity index (χ4v) is 2.09. The topological polar surface area (TPSA) is 78.3 Å². The van der Waals surface area contributed by atoms with E-state index in [0.717, 1.165) is 11.3 Å². The summed E-state index contributed by atoms with van der Waals surface area (Å²) in [4.78, 5) is 14.4. The Hall–Kier alpha value is -2.69. The van der Waals surface area contributed by atoms with Gasteiger partial charge in [0.1, 0.15) is 17.1 Å². The molecule has 19 heavy (non-hydrogen) atoms. The van der Waals surface area contributed by atoms with Crippen molar-refractivity contribution in [2.24, 2.45) is 0 Å². The number of furan rings is 1. The summed E-state index contributed by atoms with van der Waals surface area (Å²) in [6.45, 7) is 0.431. The highest BCUT2D eigenvalue weighted by atomic mass is 16.4. The summed E-state index contributed by atoms with van der Waals surface area (Å²) in [5.74, 6) is 0.277. The van der Waals surface area contributed by atoms with Gasteiger partial charge < -0.3 is 19.8 Å². The number of H-pyrrole nitrogens is 1. The molecule has 0 unspecified atom stereocenters. The van der Waals surface area contributed by atoms with E-state index in [-0.39, 0.29) is 5.56 Å². The maximum Gasteiger partial charge on any atom is 0.340 e. The molecule has 0 amide bonds. The van der Waals surface area contributed by atoms with Gasteiger partial charge in [-0.3, -0.25) is 0 Å². The van der Waals surface area contributed by atoms with Crippen LogP contribution >= 0.6 is 0 Å². The Labute approximate surface area is 108 Å². The number of aromatic nitrogens is 1. The van der Waals surface area contributed by atoms with Gasteiger partial charge in [-0.15, -0.1) is 0 Å². The van der Waals surface area contributed by atoms with Gasteiger partial charge in [0.05, 0.1) is 12.8 Å². The van der Waals surface area contributed by atoms with Crippen molar-refractivity contribution < 1.29 is 14.3 Å². The fourth-order valence-electron chi connectivity index (χ4n) is 2.09. The van der Waals surface area contributed by atoms with E-state index in [9.17, 15) is 9.90 Å². The van der Waals surface area contributed by atoms with Crippen molar-refractivity contribution in [3.8, 4) is 0 Å². The van der Waals surface area contributed by atoms with E-state index in [1.807, 2.05) is 24.3 Å². The second-order valence-electron chi connectivity index (χ2n) is 4.16. The molecule has 0 fully saturated rings. The number of hydrogen-bond donors (Lipinski definition) is 3. The van der Waals surface area contributed by atoms with E-state index in [2.05, 4.69) is 10.3 Å². The maximum atomic E-state index is 11.4. The van der Waals surface area contributed by atoms with Crippen LogP contribution in [0.5, 0.6) is 0 Å². The molecule has 3 rings (SSSR count). The van der Waals surface area contributed by atoms with Gasteiger partial charge in [0.25, 0.3) is 0 Å². The minimum atomic E-state index is -0.959. The lowest BCUT2D eigenvalue weighted by molar-refractivity contribution is 0.0700. The van der Waals surface area contributed by atoms with Gasteiger partial charge in [-0.1, -0.05) is 18.2 Å². The third kappa shape index (κ3) is 2.06. The second-order valence-corrected chi connectivity index (χ2v) is 4.16. The maximum absolute atomic E-state index is 11.4. The highest BCUT2D eigenvalue weighted by Crippen LogP contribution is 2.26. The largest absolute Gasteiger partial charge is 0.478 e. The Balaban J connectivity index is 1.98. The summed E-state index contributed by atoms with van der Waals surface area (Å²) in [6, 6.07) is 10.9. The Morgan fingerprint density at radius 3 is 2.84 bits per heavy atom. The van der Waals surface area contributed by atoms with Crippen molar-refractivity contribution in [2.75, 3.05) is 5.32 Å². The summed E-state index contributed by atoms with van der Waals surface area (Å²) in [5.41, 5.74) is 1.05.